The molecule has 7 nitrogen and oxygen atoms in total. The van der Waals surface area contributed by atoms with Crippen molar-refractivity contribution in [1.29, 1.82) is 0 Å². The van der Waals surface area contributed by atoms with Crippen molar-refractivity contribution in [2.75, 3.05) is 23.8 Å². The SMILES string of the molecule is CC(C)CC(Nc1nccc(NC2CCCOC2)n1)C(=O)O. The first-order valence-corrected chi connectivity index (χ1v) is 7.71. The number of hydrogen-bond acceptors (Lipinski definition) is 6. The molecule has 22 heavy (non-hydrogen) atoms. The van der Waals surface area contributed by atoms with E-state index in [4.69, 9.17) is 4.74 Å². The third kappa shape index (κ3) is 5.14. The number of ether oxygens (including phenoxy) is 1. The third-order valence-electron chi connectivity index (χ3n) is 3.48. The Bertz CT molecular complexity index is 489. The van der Waals surface area contributed by atoms with Gasteiger partial charge in [0.05, 0.1) is 12.6 Å². The summed E-state index contributed by atoms with van der Waals surface area (Å²) in [4.78, 5) is 19.7. The fourth-order valence-electron chi connectivity index (χ4n) is 2.42. The van der Waals surface area contributed by atoms with Crippen LogP contribution in [0.15, 0.2) is 12.3 Å². The molecule has 2 unspecified atom stereocenters. The van der Waals surface area contributed by atoms with Crippen molar-refractivity contribution in [3.05, 3.63) is 12.3 Å². The number of carboxylic acid groups (broad SMARTS) is 1. The highest BCUT2D eigenvalue weighted by atomic mass is 16.5. The zero-order valence-corrected chi connectivity index (χ0v) is 13.1. The normalized spacial score (nSPS) is 19.7. The van der Waals surface area contributed by atoms with Gasteiger partial charge < -0.3 is 20.5 Å². The maximum absolute atomic E-state index is 11.3. The Hall–Kier alpha value is -1.89. The summed E-state index contributed by atoms with van der Waals surface area (Å²) in [6.07, 6.45) is 4.21. The van der Waals surface area contributed by atoms with E-state index in [1.165, 1.54) is 0 Å². The third-order valence-corrected chi connectivity index (χ3v) is 3.48. The molecule has 0 aromatic carbocycles. The number of nitrogens with one attached hydrogen (secondary N) is 2. The van der Waals surface area contributed by atoms with Gasteiger partial charge in [0, 0.05) is 12.8 Å². The van der Waals surface area contributed by atoms with Crippen LogP contribution in [0.25, 0.3) is 0 Å². The molecule has 1 aliphatic rings. The first-order chi connectivity index (χ1) is 10.5. The molecule has 2 atom stereocenters. The van der Waals surface area contributed by atoms with Crippen LogP contribution in [-0.2, 0) is 9.53 Å². The number of nitrogens with zero attached hydrogens (tertiary/aromatic N) is 2. The fourth-order valence-corrected chi connectivity index (χ4v) is 2.42. The van der Waals surface area contributed by atoms with Crippen LogP contribution in [0.3, 0.4) is 0 Å². The molecule has 0 radical (unpaired) electrons. The molecule has 1 aliphatic heterocycles. The van der Waals surface area contributed by atoms with Gasteiger partial charge in [0.2, 0.25) is 5.95 Å². The zero-order chi connectivity index (χ0) is 15.9. The summed E-state index contributed by atoms with van der Waals surface area (Å²) in [5, 5.41) is 15.5. The molecule has 0 bridgehead atoms. The first-order valence-electron chi connectivity index (χ1n) is 7.71. The topological polar surface area (TPSA) is 96.4 Å². The maximum Gasteiger partial charge on any atom is 0.326 e. The largest absolute Gasteiger partial charge is 0.480 e. The number of carboxylic acids is 1. The average Bonchev–Trinajstić information content (AvgIpc) is 2.47. The van der Waals surface area contributed by atoms with Gasteiger partial charge in [-0.1, -0.05) is 13.8 Å². The molecule has 0 spiro atoms. The number of aromatic nitrogens is 2. The number of rotatable bonds is 7. The lowest BCUT2D eigenvalue weighted by molar-refractivity contribution is -0.138. The van der Waals surface area contributed by atoms with E-state index in [-0.39, 0.29) is 12.0 Å². The van der Waals surface area contributed by atoms with Gasteiger partial charge in [0.1, 0.15) is 11.9 Å². The summed E-state index contributed by atoms with van der Waals surface area (Å²) >= 11 is 0. The quantitative estimate of drug-likeness (QED) is 0.708. The molecule has 7 heteroatoms. The van der Waals surface area contributed by atoms with Gasteiger partial charge in [0.15, 0.2) is 0 Å². The van der Waals surface area contributed by atoms with Gasteiger partial charge in [0.25, 0.3) is 0 Å². The molecule has 1 fully saturated rings. The van der Waals surface area contributed by atoms with Crippen LogP contribution in [0.2, 0.25) is 0 Å². The lowest BCUT2D eigenvalue weighted by Gasteiger charge is -2.23. The van der Waals surface area contributed by atoms with Crippen LogP contribution in [0, 0.1) is 5.92 Å². The van der Waals surface area contributed by atoms with Crippen LogP contribution >= 0.6 is 0 Å². The van der Waals surface area contributed by atoms with Gasteiger partial charge in [-0.15, -0.1) is 0 Å². The highest BCUT2D eigenvalue weighted by molar-refractivity contribution is 5.76. The average molecular weight is 308 g/mol. The van der Waals surface area contributed by atoms with Gasteiger partial charge >= 0.3 is 5.97 Å². The van der Waals surface area contributed by atoms with Gasteiger partial charge in [-0.05, 0) is 31.2 Å². The number of aliphatic carboxylic acids is 1. The maximum atomic E-state index is 11.3. The van der Waals surface area contributed by atoms with Crippen LogP contribution in [0.1, 0.15) is 33.1 Å². The monoisotopic (exact) mass is 308 g/mol. The molecular weight excluding hydrogens is 284 g/mol. The van der Waals surface area contributed by atoms with E-state index >= 15 is 0 Å². The highest BCUT2D eigenvalue weighted by Crippen LogP contribution is 2.15. The van der Waals surface area contributed by atoms with Gasteiger partial charge in [-0.25, -0.2) is 9.78 Å². The van der Waals surface area contributed by atoms with Crippen molar-refractivity contribution >= 4 is 17.7 Å². The smallest absolute Gasteiger partial charge is 0.326 e. The van der Waals surface area contributed by atoms with E-state index in [1.807, 2.05) is 13.8 Å². The Balaban J connectivity index is 1.98. The molecule has 3 N–H and O–H groups in total. The summed E-state index contributed by atoms with van der Waals surface area (Å²) in [7, 11) is 0. The lowest BCUT2D eigenvalue weighted by Crippen LogP contribution is -2.32. The number of anilines is 2. The zero-order valence-electron chi connectivity index (χ0n) is 13.1. The van der Waals surface area contributed by atoms with E-state index in [9.17, 15) is 9.90 Å². The van der Waals surface area contributed by atoms with Crippen LogP contribution in [-0.4, -0.2) is 46.3 Å². The Kier molecular flexibility index (Phi) is 5.94. The summed E-state index contributed by atoms with van der Waals surface area (Å²) in [6, 6.07) is 1.33. The molecule has 2 rings (SSSR count). The minimum absolute atomic E-state index is 0.238. The van der Waals surface area contributed by atoms with Gasteiger partial charge in [-0.3, -0.25) is 0 Å². The molecule has 0 amide bonds. The Morgan fingerprint density at radius 3 is 3.00 bits per heavy atom. The van der Waals surface area contributed by atoms with E-state index in [2.05, 4.69) is 20.6 Å². The van der Waals surface area contributed by atoms with Crippen LogP contribution in [0.5, 0.6) is 0 Å². The Morgan fingerprint density at radius 2 is 2.36 bits per heavy atom. The molecule has 1 aromatic rings. The van der Waals surface area contributed by atoms with E-state index < -0.39 is 12.0 Å². The van der Waals surface area contributed by atoms with Crippen molar-refractivity contribution in [3.63, 3.8) is 0 Å². The standard InChI is InChI=1S/C15H24N4O3/c1-10(2)8-12(14(20)21)18-15-16-6-5-13(19-15)17-11-4-3-7-22-9-11/h5-6,10-12H,3-4,7-9H2,1-2H3,(H,20,21)(H2,16,17,18,19). The summed E-state index contributed by atoms with van der Waals surface area (Å²) in [5.41, 5.74) is 0. The molecular formula is C15H24N4O3. The Labute approximate surface area is 130 Å². The molecule has 1 saturated heterocycles. The van der Waals surface area contributed by atoms with Crippen molar-refractivity contribution in [1.82, 2.24) is 9.97 Å². The van der Waals surface area contributed by atoms with Crippen molar-refractivity contribution in [2.45, 2.75) is 45.2 Å². The predicted octanol–water partition coefficient (Wildman–Crippen LogP) is 1.98. The van der Waals surface area contributed by atoms with Crippen molar-refractivity contribution in [3.8, 4) is 0 Å². The second-order valence-electron chi connectivity index (χ2n) is 5.99. The molecule has 0 saturated carbocycles. The molecule has 2 heterocycles. The van der Waals surface area contributed by atoms with Crippen LogP contribution in [0.4, 0.5) is 11.8 Å². The molecule has 0 aliphatic carbocycles. The summed E-state index contributed by atoms with van der Waals surface area (Å²) in [5.74, 6) is 0.391. The second kappa shape index (κ2) is 7.93. The summed E-state index contributed by atoms with van der Waals surface area (Å²) < 4.78 is 5.43. The first kappa shape index (κ1) is 16.5. The minimum Gasteiger partial charge on any atom is -0.480 e. The molecule has 122 valence electrons. The molecule has 1 aromatic heterocycles. The Morgan fingerprint density at radius 1 is 1.55 bits per heavy atom. The van der Waals surface area contributed by atoms with Crippen LogP contribution < -0.4 is 10.6 Å². The fraction of sp³-hybridized carbons (Fsp3) is 0.667. The highest BCUT2D eigenvalue weighted by Gasteiger charge is 2.20. The summed E-state index contributed by atoms with van der Waals surface area (Å²) in [6.45, 7) is 5.45. The van der Waals surface area contributed by atoms with Gasteiger partial charge in [-0.2, -0.15) is 4.98 Å². The van der Waals surface area contributed by atoms with E-state index in [0.717, 1.165) is 19.4 Å². The van der Waals surface area contributed by atoms with Crippen molar-refractivity contribution < 1.29 is 14.6 Å². The lowest BCUT2D eigenvalue weighted by atomic mass is 10.0. The number of carbonyl (C=O) groups is 1. The number of hydrogen-bond donors (Lipinski definition) is 3. The van der Waals surface area contributed by atoms with E-state index in [0.29, 0.717) is 24.8 Å². The van der Waals surface area contributed by atoms with Crippen molar-refractivity contribution in [2.24, 2.45) is 5.92 Å². The predicted molar refractivity (Wildman–Crippen MR) is 84.0 cm³/mol. The van der Waals surface area contributed by atoms with E-state index in [1.54, 1.807) is 12.3 Å². The second-order valence-corrected chi connectivity index (χ2v) is 5.99. The minimum atomic E-state index is -0.892.